The number of carbonyl (C=O) groups is 2. The maximum absolute atomic E-state index is 12.7. The topological polar surface area (TPSA) is 62.3 Å². The second kappa shape index (κ2) is 5.97. The van der Waals surface area contributed by atoms with Crippen LogP contribution in [-0.4, -0.2) is 23.3 Å². The molecule has 0 saturated carbocycles. The van der Waals surface area contributed by atoms with E-state index in [0.717, 1.165) is 12.1 Å². The molecule has 5 nitrogen and oxygen atoms in total. The molecular weight excluding hydrogens is 278 g/mol. The van der Waals surface area contributed by atoms with Gasteiger partial charge in [-0.25, -0.2) is 0 Å². The zero-order valence-corrected chi connectivity index (χ0v) is 12.4. The summed E-state index contributed by atoms with van der Waals surface area (Å²) in [6.07, 6.45) is 2.48. The van der Waals surface area contributed by atoms with Gasteiger partial charge in [-0.15, -0.1) is 0 Å². The quantitative estimate of drug-likeness (QED) is 0.941. The molecule has 0 saturated heterocycles. The molecule has 2 heterocycles. The SMILES string of the molecule is CC(=O)NCc1cc(C(=O)N2CCc3ccccc32)ccn1. The number of nitrogens with zero attached hydrogens (tertiary/aromatic N) is 2. The van der Waals surface area contributed by atoms with Crippen LogP contribution in [0.2, 0.25) is 0 Å². The van der Waals surface area contributed by atoms with Crippen LogP contribution < -0.4 is 10.2 Å². The molecule has 0 spiro atoms. The third-order valence-corrected chi connectivity index (χ3v) is 3.71. The number of rotatable bonds is 3. The van der Waals surface area contributed by atoms with Gasteiger partial charge in [0.1, 0.15) is 0 Å². The van der Waals surface area contributed by atoms with Crippen molar-refractivity contribution in [2.45, 2.75) is 19.9 Å². The molecule has 0 aliphatic carbocycles. The van der Waals surface area contributed by atoms with E-state index in [1.165, 1.54) is 12.5 Å². The summed E-state index contributed by atoms with van der Waals surface area (Å²) < 4.78 is 0. The Morgan fingerprint density at radius 2 is 2.09 bits per heavy atom. The van der Waals surface area contributed by atoms with Crippen molar-refractivity contribution < 1.29 is 9.59 Å². The number of hydrogen-bond donors (Lipinski definition) is 1. The number of para-hydroxylation sites is 1. The normalized spacial score (nSPS) is 12.9. The molecule has 112 valence electrons. The molecule has 0 atom stereocenters. The van der Waals surface area contributed by atoms with Crippen molar-refractivity contribution in [3.63, 3.8) is 0 Å². The van der Waals surface area contributed by atoms with Gasteiger partial charge in [0.05, 0.1) is 12.2 Å². The van der Waals surface area contributed by atoms with Gasteiger partial charge in [-0.1, -0.05) is 18.2 Å². The second-order valence-corrected chi connectivity index (χ2v) is 5.28. The van der Waals surface area contributed by atoms with Gasteiger partial charge in [-0.2, -0.15) is 0 Å². The van der Waals surface area contributed by atoms with Crippen LogP contribution in [0.4, 0.5) is 5.69 Å². The number of amides is 2. The van der Waals surface area contributed by atoms with Gasteiger partial charge < -0.3 is 10.2 Å². The van der Waals surface area contributed by atoms with Gasteiger partial charge in [-0.05, 0) is 30.2 Å². The summed E-state index contributed by atoms with van der Waals surface area (Å²) in [5, 5.41) is 2.69. The number of aromatic nitrogens is 1. The van der Waals surface area contributed by atoms with Gasteiger partial charge in [-0.3, -0.25) is 14.6 Å². The van der Waals surface area contributed by atoms with E-state index in [4.69, 9.17) is 0 Å². The Morgan fingerprint density at radius 1 is 1.27 bits per heavy atom. The molecule has 1 N–H and O–H groups in total. The number of nitrogens with one attached hydrogen (secondary N) is 1. The highest BCUT2D eigenvalue weighted by Crippen LogP contribution is 2.28. The molecule has 2 aromatic rings. The van der Waals surface area contributed by atoms with Crippen molar-refractivity contribution in [1.82, 2.24) is 10.3 Å². The van der Waals surface area contributed by atoms with E-state index in [2.05, 4.69) is 16.4 Å². The first kappa shape index (κ1) is 14.3. The van der Waals surface area contributed by atoms with Crippen LogP contribution in [0.1, 0.15) is 28.5 Å². The van der Waals surface area contributed by atoms with Crippen molar-refractivity contribution in [2.24, 2.45) is 0 Å². The van der Waals surface area contributed by atoms with Crippen molar-refractivity contribution in [2.75, 3.05) is 11.4 Å². The fourth-order valence-corrected chi connectivity index (χ4v) is 2.63. The first-order valence-electron chi connectivity index (χ1n) is 7.24. The molecule has 2 amide bonds. The van der Waals surface area contributed by atoms with Crippen molar-refractivity contribution in [3.8, 4) is 0 Å². The Balaban J connectivity index is 1.81. The molecule has 1 aliphatic heterocycles. The van der Waals surface area contributed by atoms with E-state index < -0.39 is 0 Å². The minimum absolute atomic E-state index is 0.0311. The predicted molar refractivity (Wildman–Crippen MR) is 83.6 cm³/mol. The summed E-state index contributed by atoms with van der Waals surface area (Å²) >= 11 is 0. The van der Waals surface area contributed by atoms with Gasteiger partial charge in [0.2, 0.25) is 5.91 Å². The van der Waals surface area contributed by atoms with E-state index in [0.29, 0.717) is 24.3 Å². The lowest BCUT2D eigenvalue weighted by molar-refractivity contribution is -0.119. The highest BCUT2D eigenvalue weighted by molar-refractivity contribution is 6.07. The lowest BCUT2D eigenvalue weighted by Gasteiger charge is -2.17. The first-order chi connectivity index (χ1) is 10.6. The van der Waals surface area contributed by atoms with Crippen LogP contribution in [0.25, 0.3) is 0 Å². The number of hydrogen-bond acceptors (Lipinski definition) is 3. The fourth-order valence-electron chi connectivity index (χ4n) is 2.63. The molecule has 1 aromatic carbocycles. The van der Waals surface area contributed by atoms with Crippen LogP contribution in [-0.2, 0) is 17.8 Å². The van der Waals surface area contributed by atoms with Crippen LogP contribution in [0.15, 0.2) is 42.6 Å². The van der Waals surface area contributed by atoms with E-state index in [9.17, 15) is 9.59 Å². The number of pyridine rings is 1. The van der Waals surface area contributed by atoms with E-state index in [-0.39, 0.29) is 11.8 Å². The monoisotopic (exact) mass is 295 g/mol. The molecule has 5 heteroatoms. The number of anilines is 1. The van der Waals surface area contributed by atoms with Crippen LogP contribution in [0.3, 0.4) is 0 Å². The van der Waals surface area contributed by atoms with Crippen LogP contribution in [0, 0.1) is 0 Å². The van der Waals surface area contributed by atoms with Gasteiger partial charge in [0, 0.05) is 30.9 Å². The molecular formula is C17H17N3O2. The Bertz CT molecular complexity index is 727. The highest BCUT2D eigenvalue weighted by atomic mass is 16.2. The minimum Gasteiger partial charge on any atom is -0.351 e. The number of fused-ring (bicyclic) bond motifs is 1. The summed E-state index contributed by atoms with van der Waals surface area (Å²) in [7, 11) is 0. The summed E-state index contributed by atoms with van der Waals surface area (Å²) in [5.41, 5.74) is 3.44. The Hall–Kier alpha value is -2.69. The fraction of sp³-hybridized carbons (Fsp3) is 0.235. The molecule has 0 unspecified atom stereocenters. The average Bonchev–Trinajstić information content (AvgIpc) is 2.96. The van der Waals surface area contributed by atoms with E-state index in [1.54, 1.807) is 23.2 Å². The third kappa shape index (κ3) is 2.83. The van der Waals surface area contributed by atoms with Crippen LogP contribution >= 0.6 is 0 Å². The van der Waals surface area contributed by atoms with E-state index in [1.807, 2.05) is 18.2 Å². The van der Waals surface area contributed by atoms with Crippen molar-refractivity contribution in [1.29, 1.82) is 0 Å². The van der Waals surface area contributed by atoms with Gasteiger partial charge >= 0.3 is 0 Å². The average molecular weight is 295 g/mol. The maximum Gasteiger partial charge on any atom is 0.258 e. The lowest BCUT2D eigenvalue weighted by atomic mass is 10.1. The largest absolute Gasteiger partial charge is 0.351 e. The Labute approximate surface area is 129 Å². The molecule has 3 rings (SSSR count). The molecule has 22 heavy (non-hydrogen) atoms. The third-order valence-electron chi connectivity index (χ3n) is 3.71. The summed E-state index contributed by atoms with van der Waals surface area (Å²) in [5.74, 6) is -0.150. The number of benzene rings is 1. The standard InChI is InChI=1S/C17H17N3O2/c1-12(21)19-11-15-10-14(6-8-18-15)17(22)20-9-7-13-4-2-3-5-16(13)20/h2-6,8,10H,7,9,11H2,1H3,(H,19,21). The minimum atomic E-state index is -0.119. The molecule has 1 aliphatic rings. The first-order valence-corrected chi connectivity index (χ1v) is 7.24. The van der Waals surface area contributed by atoms with Gasteiger partial charge in [0.25, 0.3) is 5.91 Å². The second-order valence-electron chi connectivity index (χ2n) is 5.28. The maximum atomic E-state index is 12.7. The number of carbonyl (C=O) groups excluding carboxylic acids is 2. The molecule has 0 bridgehead atoms. The summed E-state index contributed by atoms with van der Waals surface area (Å²) in [6, 6.07) is 11.4. The summed E-state index contributed by atoms with van der Waals surface area (Å²) in [6.45, 7) is 2.48. The van der Waals surface area contributed by atoms with Crippen molar-refractivity contribution >= 4 is 17.5 Å². The summed E-state index contributed by atoms with van der Waals surface area (Å²) in [4.78, 5) is 29.7. The van der Waals surface area contributed by atoms with Gasteiger partial charge in [0.15, 0.2) is 0 Å². The zero-order valence-electron chi connectivity index (χ0n) is 12.4. The molecule has 1 aromatic heterocycles. The predicted octanol–water partition coefficient (Wildman–Crippen LogP) is 1.92. The van der Waals surface area contributed by atoms with E-state index >= 15 is 0 Å². The van der Waals surface area contributed by atoms with Crippen molar-refractivity contribution in [3.05, 3.63) is 59.4 Å². The van der Waals surface area contributed by atoms with Crippen LogP contribution in [0.5, 0.6) is 0 Å². The Morgan fingerprint density at radius 3 is 2.91 bits per heavy atom. The lowest BCUT2D eigenvalue weighted by Crippen LogP contribution is -2.29. The molecule has 0 radical (unpaired) electrons. The smallest absolute Gasteiger partial charge is 0.258 e. The zero-order chi connectivity index (χ0) is 15.5. The molecule has 0 fully saturated rings. The Kier molecular flexibility index (Phi) is 3.87. The highest BCUT2D eigenvalue weighted by Gasteiger charge is 2.25.